The summed E-state index contributed by atoms with van der Waals surface area (Å²) in [6, 6.07) is 16.2. The van der Waals surface area contributed by atoms with Gasteiger partial charge in [0.2, 0.25) is 15.9 Å². The SMILES string of the molecule is COc1ccc(C(C)CC(=O)NCCS(=O)(=O)Nc2ccccc2)cc1. The lowest BCUT2D eigenvalue weighted by molar-refractivity contribution is -0.121. The van der Waals surface area contributed by atoms with Crippen molar-refractivity contribution in [3.05, 3.63) is 60.2 Å². The highest BCUT2D eigenvalue weighted by Gasteiger charge is 2.14. The first kappa shape index (κ1) is 19.8. The maximum Gasteiger partial charge on any atom is 0.234 e. The van der Waals surface area contributed by atoms with Gasteiger partial charge in [0.1, 0.15) is 5.75 Å². The minimum Gasteiger partial charge on any atom is -0.497 e. The number of carbonyl (C=O) groups excluding carboxylic acids is 1. The van der Waals surface area contributed by atoms with Crippen LogP contribution in [0.4, 0.5) is 5.69 Å². The number of benzene rings is 2. The molecule has 0 aromatic heterocycles. The fourth-order valence-corrected chi connectivity index (χ4v) is 3.43. The zero-order valence-corrected chi connectivity index (χ0v) is 15.8. The van der Waals surface area contributed by atoms with E-state index in [0.717, 1.165) is 11.3 Å². The molecule has 0 radical (unpaired) electrons. The van der Waals surface area contributed by atoms with Crippen molar-refractivity contribution in [1.82, 2.24) is 5.32 Å². The van der Waals surface area contributed by atoms with Crippen LogP contribution in [0.1, 0.15) is 24.8 Å². The van der Waals surface area contributed by atoms with Crippen LogP contribution in [0.25, 0.3) is 0 Å². The van der Waals surface area contributed by atoms with Gasteiger partial charge >= 0.3 is 0 Å². The molecule has 26 heavy (non-hydrogen) atoms. The predicted molar refractivity (Wildman–Crippen MR) is 103 cm³/mol. The van der Waals surface area contributed by atoms with Crippen molar-refractivity contribution in [2.45, 2.75) is 19.3 Å². The molecule has 0 aliphatic carbocycles. The molecule has 140 valence electrons. The van der Waals surface area contributed by atoms with E-state index in [1.807, 2.05) is 37.3 Å². The molecule has 1 unspecified atom stereocenters. The van der Waals surface area contributed by atoms with Gasteiger partial charge in [0, 0.05) is 18.7 Å². The summed E-state index contributed by atoms with van der Waals surface area (Å²) in [5.41, 5.74) is 1.53. The Morgan fingerprint density at radius 3 is 2.35 bits per heavy atom. The Balaban J connectivity index is 1.77. The lowest BCUT2D eigenvalue weighted by Gasteiger charge is -2.13. The highest BCUT2D eigenvalue weighted by atomic mass is 32.2. The van der Waals surface area contributed by atoms with Gasteiger partial charge in [-0.05, 0) is 35.7 Å². The summed E-state index contributed by atoms with van der Waals surface area (Å²) in [5.74, 6) is 0.439. The van der Waals surface area contributed by atoms with Gasteiger partial charge in [-0.15, -0.1) is 0 Å². The summed E-state index contributed by atoms with van der Waals surface area (Å²) >= 11 is 0. The number of carbonyl (C=O) groups is 1. The number of hydrogen-bond acceptors (Lipinski definition) is 4. The maximum absolute atomic E-state index is 12.0. The van der Waals surface area contributed by atoms with Gasteiger partial charge in [-0.25, -0.2) is 8.42 Å². The molecule has 0 aliphatic heterocycles. The van der Waals surface area contributed by atoms with Crippen molar-refractivity contribution in [2.24, 2.45) is 0 Å². The molecule has 2 aromatic carbocycles. The number of amides is 1. The van der Waals surface area contributed by atoms with E-state index < -0.39 is 10.0 Å². The first-order valence-electron chi connectivity index (χ1n) is 8.36. The number of rotatable bonds is 9. The molecule has 6 nitrogen and oxygen atoms in total. The topological polar surface area (TPSA) is 84.5 Å². The molecule has 0 bridgehead atoms. The van der Waals surface area contributed by atoms with Crippen molar-refractivity contribution in [2.75, 3.05) is 24.1 Å². The highest BCUT2D eigenvalue weighted by Crippen LogP contribution is 2.21. The number of ether oxygens (including phenoxy) is 1. The summed E-state index contributed by atoms with van der Waals surface area (Å²) in [5, 5.41) is 2.66. The van der Waals surface area contributed by atoms with Gasteiger partial charge in [-0.3, -0.25) is 9.52 Å². The maximum atomic E-state index is 12.0. The van der Waals surface area contributed by atoms with E-state index >= 15 is 0 Å². The molecule has 0 heterocycles. The molecule has 0 fully saturated rings. The minimum absolute atomic E-state index is 0.0277. The highest BCUT2D eigenvalue weighted by molar-refractivity contribution is 7.92. The summed E-state index contributed by atoms with van der Waals surface area (Å²) in [6.07, 6.45) is 0.290. The monoisotopic (exact) mass is 376 g/mol. The fraction of sp³-hybridized carbons (Fsp3) is 0.316. The van der Waals surface area contributed by atoms with E-state index in [2.05, 4.69) is 10.0 Å². The van der Waals surface area contributed by atoms with Gasteiger partial charge in [0.05, 0.1) is 12.9 Å². The lowest BCUT2D eigenvalue weighted by Crippen LogP contribution is -2.31. The second kappa shape index (κ2) is 9.24. The summed E-state index contributed by atoms with van der Waals surface area (Å²) in [6.45, 7) is 2.02. The van der Waals surface area contributed by atoms with Crippen LogP contribution in [0.5, 0.6) is 5.75 Å². The third kappa shape index (κ3) is 6.40. The largest absolute Gasteiger partial charge is 0.497 e. The first-order chi connectivity index (χ1) is 12.4. The summed E-state index contributed by atoms with van der Waals surface area (Å²) in [7, 11) is -1.89. The zero-order valence-electron chi connectivity index (χ0n) is 14.9. The van der Waals surface area contributed by atoms with Gasteiger partial charge < -0.3 is 10.1 Å². The standard InChI is InChI=1S/C19H24N2O4S/c1-15(16-8-10-18(25-2)11-9-16)14-19(22)20-12-13-26(23,24)21-17-6-4-3-5-7-17/h3-11,15,21H,12-14H2,1-2H3,(H,20,22). The predicted octanol–water partition coefficient (Wildman–Crippen LogP) is 2.75. The Morgan fingerprint density at radius 2 is 1.73 bits per heavy atom. The van der Waals surface area contributed by atoms with Crippen LogP contribution in [0.3, 0.4) is 0 Å². The van der Waals surface area contributed by atoms with Gasteiger partial charge in [0.15, 0.2) is 0 Å². The van der Waals surface area contributed by atoms with Crippen molar-refractivity contribution in [3.8, 4) is 5.75 Å². The molecule has 2 rings (SSSR count). The average molecular weight is 376 g/mol. The van der Waals surface area contributed by atoms with E-state index in [-0.39, 0.29) is 24.1 Å². The Bertz CT molecular complexity index is 805. The molecule has 1 amide bonds. The zero-order chi connectivity index (χ0) is 19.0. The Kier molecular flexibility index (Phi) is 7.03. The first-order valence-corrected chi connectivity index (χ1v) is 10.0. The van der Waals surface area contributed by atoms with Crippen LogP contribution in [-0.4, -0.2) is 33.7 Å². The van der Waals surface area contributed by atoms with Crippen LogP contribution in [0.15, 0.2) is 54.6 Å². The Morgan fingerprint density at radius 1 is 1.08 bits per heavy atom. The van der Waals surface area contributed by atoms with Crippen molar-refractivity contribution < 1.29 is 17.9 Å². The normalized spacial score (nSPS) is 12.2. The molecule has 0 spiro atoms. The second-order valence-corrected chi connectivity index (χ2v) is 7.86. The Hall–Kier alpha value is -2.54. The van der Waals surface area contributed by atoms with E-state index in [1.165, 1.54) is 0 Å². The third-order valence-corrected chi connectivity index (χ3v) is 5.20. The quantitative estimate of drug-likeness (QED) is 0.705. The van der Waals surface area contributed by atoms with E-state index in [1.54, 1.807) is 31.4 Å². The molecule has 2 N–H and O–H groups in total. The van der Waals surface area contributed by atoms with Gasteiger partial charge in [0.25, 0.3) is 0 Å². The van der Waals surface area contributed by atoms with Crippen LogP contribution >= 0.6 is 0 Å². The fourth-order valence-electron chi connectivity index (χ4n) is 2.46. The average Bonchev–Trinajstić information content (AvgIpc) is 2.62. The Labute approximate surface area is 154 Å². The molecule has 0 aliphatic rings. The van der Waals surface area contributed by atoms with Crippen LogP contribution in [-0.2, 0) is 14.8 Å². The molecule has 1 atom stereocenters. The van der Waals surface area contributed by atoms with E-state index in [4.69, 9.17) is 4.74 Å². The summed E-state index contributed by atoms with van der Waals surface area (Å²) in [4.78, 5) is 12.0. The molecule has 0 saturated carbocycles. The number of anilines is 1. The van der Waals surface area contributed by atoms with Crippen molar-refractivity contribution >= 4 is 21.6 Å². The van der Waals surface area contributed by atoms with E-state index in [0.29, 0.717) is 12.1 Å². The van der Waals surface area contributed by atoms with Crippen LogP contribution in [0.2, 0.25) is 0 Å². The van der Waals surface area contributed by atoms with Crippen LogP contribution in [0, 0.1) is 0 Å². The van der Waals surface area contributed by atoms with Crippen molar-refractivity contribution in [1.29, 1.82) is 0 Å². The number of hydrogen-bond donors (Lipinski definition) is 2. The molecule has 7 heteroatoms. The molecular weight excluding hydrogens is 352 g/mol. The third-order valence-electron chi connectivity index (χ3n) is 3.92. The number of sulfonamides is 1. The number of nitrogens with one attached hydrogen (secondary N) is 2. The molecule has 2 aromatic rings. The van der Waals surface area contributed by atoms with Crippen molar-refractivity contribution in [3.63, 3.8) is 0 Å². The molecule has 0 saturated heterocycles. The second-order valence-electron chi connectivity index (χ2n) is 6.02. The van der Waals surface area contributed by atoms with Crippen LogP contribution < -0.4 is 14.8 Å². The van der Waals surface area contributed by atoms with E-state index in [9.17, 15) is 13.2 Å². The smallest absolute Gasteiger partial charge is 0.234 e. The number of methoxy groups -OCH3 is 1. The van der Waals surface area contributed by atoms with Gasteiger partial charge in [-0.2, -0.15) is 0 Å². The lowest BCUT2D eigenvalue weighted by atomic mass is 9.97. The molecular formula is C19H24N2O4S. The minimum atomic E-state index is -3.50. The summed E-state index contributed by atoms with van der Waals surface area (Å²) < 4.78 is 31.6. The van der Waals surface area contributed by atoms with Gasteiger partial charge in [-0.1, -0.05) is 37.3 Å². The number of para-hydroxylation sites is 1.